The first kappa shape index (κ1) is 13.1. The molecule has 1 fully saturated rings. The van der Waals surface area contributed by atoms with Crippen molar-refractivity contribution in [2.45, 2.75) is 46.0 Å². The second-order valence-electron chi connectivity index (χ2n) is 5.39. The quantitative estimate of drug-likeness (QED) is 0.841. The van der Waals surface area contributed by atoms with Gasteiger partial charge in [0.25, 0.3) is 0 Å². The summed E-state index contributed by atoms with van der Waals surface area (Å²) in [5, 5.41) is 3.48. The zero-order valence-electron chi connectivity index (χ0n) is 11.4. The lowest BCUT2D eigenvalue weighted by molar-refractivity contribution is 0.439. The first-order chi connectivity index (χ1) is 8.72. The van der Waals surface area contributed by atoms with Gasteiger partial charge in [0.15, 0.2) is 0 Å². The largest absolute Gasteiger partial charge is 0.383 e. The van der Waals surface area contributed by atoms with Crippen molar-refractivity contribution in [2.24, 2.45) is 11.8 Å². The lowest BCUT2D eigenvalue weighted by Crippen LogP contribution is -2.18. The summed E-state index contributed by atoms with van der Waals surface area (Å²) >= 11 is 0. The van der Waals surface area contributed by atoms with Crippen LogP contribution >= 0.6 is 0 Å². The van der Waals surface area contributed by atoms with E-state index in [2.05, 4.69) is 29.1 Å². The third-order valence-electron chi connectivity index (χ3n) is 4.05. The molecule has 0 spiro atoms. The number of nitrogens with one attached hydrogen (secondary N) is 1. The van der Waals surface area contributed by atoms with Crippen LogP contribution in [-0.4, -0.2) is 16.5 Å². The Hall–Kier alpha value is -1.32. The minimum Gasteiger partial charge on any atom is -0.383 e. The minimum absolute atomic E-state index is 0.619. The summed E-state index contributed by atoms with van der Waals surface area (Å²) in [6, 6.07) is 0. The Morgan fingerprint density at radius 1 is 1.39 bits per heavy atom. The fourth-order valence-corrected chi connectivity index (χ4v) is 2.83. The minimum atomic E-state index is 0.619. The highest BCUT2D eigenvalue weighted by atomic mass is 15.0. The van der Waals surface area contributed by atoms with Crippen molar-refractivity contribution in [3.05, 3.63) is 11.9 Å². The summed E-state index contributed by atoms with van der Waals surface area (Å²) in [4.78, 5) is 8.42. The molecule has 0 amide bonds. The topological polar surface area (TPSA) is 63.8 Å². The van der Waals surface area contributed by atoms with E-state index >= 15 is 0 Å². The third kappa shape index (κ3) is 2.92. The van der Waals surface area contributed by atoms with Crippen LogP contribution in [-0.2, 0) is 6.42 Å². The number of aromatic nitrogens is 2. The molecule has 18 heavy (non-hydrogen) atoms. The van der Waals surface area contributed by atoms with E-state index in [0.717, 1.165) is 42.6 Å². The van der Waals surface area contributed by atoms with Crippen molar-refractivity contribution >= 4 is 11.6 Å². The van der Waals surface area contributed by atoms with Crippen LogP contribution in [0.15, 0.2) is 6.33 Å². The van der Waals surface area contributed by atoms with Gasteiger partial charge in [-0.15, -0.1) is 0 Å². The number of hydrogen-bond donors (Lipinski definition) is 2. The van der Waals surface area contributed by atoms with E-state index in [9.17, 15) is 0 Å². The summed E-state index contributed by atoms with van der Waals surface area (Å²) in [5.41, 5.74) is 7.00. The summed E-state index contributed by atoms with van der Waals surface area (Å²) in [6.45, 7) is 5.50. The van der Waals surface area contributed by atoms with Crippen molar-refractivity contribution < 1.29 is 0 Å². The van der Waals surface area contributed by atoms with Gasteiger partial charge in [-0.2, -0.15) is 0 Å². The number of anilines is 2. The Bertz CT molecular complexity index is 391. The summed E-state index contributed by atoms with van der Waals surface area (Å²) < 4.78 is 0. The highest BCUT2D eigenvalue weighted by Crippen LogP contribution is 2.31. The molecule has 3 N–H and O–H groups in total. The van der Waals surface area contributed by atoms with Gasteiger partial charge in [-0.25, -0.2) is 9.97 Å². The first-order valence-electron chi connectivity index (χ1n) is 7.05. The molecule has 1 saturated carbocycles. The first-order valence-corrected chi connectivity index (χ1v) is 7.05. The Kier molecular flexibility index (Phi) is 4.39. The second kappa shape index (κ2) is 6.03. The number of nitrogens with two attached hydrogens (primary N) is 1. The van der Waals surface area contributed by atoms with Gasteiger partial charge in [-0.1, -0.05) is 33.1 Å². The van der Waals surface area contributed by atoms with E-state index < -0.39 is 0 Å². The van der Waals surface area contributed by atoms with Crippen molar-refractivity contribution in [1.29, 1.82) is 0 Å². The van der Waals surface area contributed by atoms with Crippen LogP contribution in [0.5, 0.6) is 0 Å². The molecule has 0 bridgehead atoms. The SMILES string of the molecule is CCCc1c(N)ncnc1NCC1CCCC1C. The van der Waals surface area contributed by atoms with Gasteiger partial charge in [0.1, 0.15) is 18.0 Å². The zero-order valence-corrected chi connectivity index (χ0v) is 11.4. The van der Waals surface area contributed by atoms with Crippen molar-refractivity contribution in [1.82, 2.24) is 9.97 Å². The van der Waals surface area contributed by atoms with Gasteiger partial charge < -0.3 is 11.1 Å². The fraction of sp³-hybridized carbons (Fsp3) is 0.714. The van der Waals surface area contributed by atoms with Crippen LogP contribution in [0, 0.1) is 11.8 Å². The van der Waals surface area contributed by atoms with Gasteiger partial charge in [-0.3, -0.25) is 0 Å². The van der Waals surface area contributed by atoms with Crippen molar-refractivity contribution in [3.63, 3.8) is 0 Å². The fourth-order valence-electron chi connectivity index (χ4n) is 2.83. The molecular formula is C14H24N4. The number of rotatable bonds is 5. The molecule has 1 aromatic heterocycles. The van der Waals surface area contributed by atoms with Crippen LogP contribution in [0.2, 0.25) is 0 Å². The third-order valence-corrected chi connectivity index (χ3v) is 4.05. The Morgan fingerprint density at radius 3 is 2.89 bits per heavy atom. The lowest BCUT2D eigenvalue weighted by atomic mass is 9.98. The van der Waals surface area contributed by atoms with Crippen molar-refractivity contribution in [3.8, 4) is 0 Å². The molecule has 2 rings (SSSR count). The smallest absolute Gasteiger partial charge is 0.134 e. The van der Waals surface area contributed by atoms with Gasteiger partial charge >= 0.3 is 0 Å². The van der Waals surface area contributed by atoms with Gasteiger partial charge in [-0.05, 0) is 24.7 Å². The van der Waals surface area contributed by atoms with Crippen LogP contribution in [0.1, 0.15) is 45.1 Å². The Balaban J connectivity index is 2.02. The van der Waals surface area contributed by atoms with Crippen LogP contribution < -0.4 is 11.1 Å². The molecular weight excluding hydrogens is 224 g/mol. The molecule has 1 aliphatic rings. The maximum atomic E-state index is 5.93. The van der Waals surface area contributed by atoms with E-state index in [1.807, 2.05) is 0 Å². The van der Waals surface area contributed by atoms with Gasteiger partial charge in [0.2, 0.25) is 0 Å². The second-order valence-corrected chi connectivity index (χ2v) is 5.39. The molecule has 0 saturated heterocycles. The molecule has 1 heterocycles. The molecule has 1 aromatic rings. The van der Waals surface area contributed by atoms with Gasteiger partial charge in [0, 0.05) is 12.1 Å². The summed E-state index contributed by atoms with van der Waals surface area (Å²) in [6.07, 6.45) is 7.61. The normalized spacial score (nSPS) is 23.2. The number of nitrogens with zero attached hydrogens (tertiary/aromatic N) is 2. The van der Waals surface area contributed by atoms with E-state index in [-0.39, 0.29) is 0 Å². The molecule has 2 unspecified atom stereocenters. The predicted molar refractivity (Wildman–Crippen MR) is 75.4 cm³/mol. The highest BCUT2D eigenvalue weighted by molar-refractivity contribution is 5.54. The maximum Gasteiger partial charge on any atom is 0.134 e. The summed E-state index contributed by atoms with van der Waals surface area (Å²) in [5.74, 6) is 3.15. The molecule has 2 atom stereocenters. The maximum absolute atomic E-state index is 5.93. The van der Waals surface area contributed by atoms with E-state index in [1.54, 1.807) is 6.33 Å². The van der Waals surface area contributed by atoms with Gasteiger partial charge in [0.05, 0.1) is 0 Å². The average Bonchev–Trinajstić information content (AvgIpc) is 2.76. The molecule has 0 aliphatic heterocycles. The number of nitrogen functional groups attached to an aromatic ring is 1. The standard InChI is InChI=1S/C14H24N4/c1-3-5-12-13(15)17-9-18-14(12)16-8-11-7-4-6-10(11)2/h9-11H,3-8H2,1-2H3,(H3,15,16,17,18). The average molecular weight is 248 g/mol. The van der Waals surface area contributed by atoms with Crippen LogP contribution in [0.25, 0.3) is 0 Å². The zero-order chi connectivity index (χ0) is 13.0. The molecule has 4 heteroatoms. The van der Waals surface area contributed by atoms with E-state index in [1.165, 1.54) is 19.3 Å². The Morgan fingerprint density at radius 2 is 2.22 bits per heavy atom. The molecule has 4 nitrogen and oxygen atoms in total. The summed E-state index contributed by atoms with van der Waals surface area (Å²) in [7, 11) is 0. The predicted octanol–water partition coefficient (Wildman–Crippen LogP) is 2.86. The molecule has 0 radical (unpaired) electrons. The highest BCUT2D eigenvalue weighted by Gasteiger charge is 2.23. The molecule has 100 valence electrons. The molecule has 1 aliphatic carbocycles. The Labute approximate surface area is 109 Å². The van der Waals surface area contributed by atoms with Crippen LogP contribution in [0.4, 0.5) is 11.6 Å². The van der Waals surface area contributed by atoms with E-state index in [4.69, 9.17) is 5.73 Å². The van der Waals surface area contributed by atoms with Crippen molar-refractivity contribution in [2.75, 3.05) is 17.6 Å². The monoisotopic (exact) mass is 248 g/mol. The van der Waals surface area contributed by atoms with Crippen LogP contribution in [0.3, 0.4) is 0 Å². The van der Waals surface area contributed by atoms with E-state index in [0.29, 0.717) is 5.82 Å². The lowest BCUT2D eigenvalue weighted by Gasteiger charge is -2.18. The number of hydrogen-bond acceptors (Lipinski definition) is 4. The molecule has 0 aromatic carbocycles.